The first-order valence-corrected chi connectivity index (χ1v) is 10.0. The molecule has 2 atom stereocenters. The molecule has 1 heterocycles. The molecule has 2 aromatic carbocycles. The summed E-state index contributed by atoms with van der Waals surface area (Å²) in [5.74, 6) is -0.687. The van der Waals surface area contributed by atoms with Crippen molar-refractivity contribution in [3.05, 3.63) is 65.0 Å². The standard InChI is InChI=1S/C23H30FN3O2/c1-16-13-27(14-17(2)29-16)15-19-7-5-18(6-8-19)12-25-23(28)20-9-10-22(26(3)4)21(24)11-20/h5-11,16-17H,12-15H2,1-4H3,(H,25,28). The molecular formula is C23H30FN3O2. The molecule has 5 nitrogen and oxygen atoms in total. The van der Waals surface area contributed by atoms with E-state index in [1.165, 1.54) is 11.6 Å². The third-order valence-electron chi connectivity index (χ3n) is 5.07. The van der Waals surface area contributed by atoms with Crippen molar-refractivity contribution in [3.8, 4) is 0 Å². The third-order valence-corrected chi connectivity index (χ3v) is 5.07. The first-order valence-electron chi connectivity index (χ1n) is 10.0. The van der Waals surface area contributed by atoms with E-state index in [2.05, 4.69) is 36.2 Å². The summed E-state index contributed by atoms with van der Waals surface area (Å²) >= 11 is 0. The average Bonchev–Trinajstić information content (AvgIpc) is 2.66. The molecule has 1 aliphatic rings. The van der Waals surface area contributed by atoms with Gasteiger partial charge in [-0.15, -0.1) is 0 Å². The summed E-state index contributed by atoms with van der Waals surface area (Å²) in [7, 11) is 3.53. The molecule has 6 heteroatoms. The zero-order valence-electron chi connectivity index (χ0n) is 17.6. The molecule has 1 saturated heterocycles. The van der Waals surface area contributed by atoms with Crippen molar-refractivity contribution in [3.63, 3.8) is 0 Å². The smallest absolute Gasteiger partial charge is 0.251 e. The lowest BCUT2D eigenvalue weighted by atomic mass is 10.1. The average molecular weight is 400 g/mol. The maximum absolute atomic E-state index is 14.1. The number of morpholine rings is 1. The highest BCUT2D eigenvalue weighted by atomic mass is 19.1. The Balaban J connectivity index is 1.53. The largest absolute Gasteiger partial charge is 0.375 e. The van der Waals surface area contributed by atoms with Gasteiger partial charge in [0.2, 0.25) is 0 Å². The summed E-state index contributed by atoms with van der Waals surface area (Å²) < 4.78 is 19.9. The van der Waals surface area contributed by atoms with Gasteiger partial charge >= 0.3 is 0 Å². The molecule has 1 fully saturated rings. The number of benzene rings is 2. The van der Waals surface area contributed by atoms with Gasteiger partial charge in [-0.1, -0.05) is 24.3 Å². The molecule has 3 rings (SSSR count). The molecule has 2 unspecified atom stereocenters. The van der Waals surface area contributed by atoms with Gasteiger partial charge in [-0.3, -0.25) is 9.69 Å². The molecule has 1 amide bonds. The number of nitrogens with one attached hydrogen (secondary N) is 1. The third kappa shape index (κ3) is 5.78. The van der Waals surface area contributed by atoms with E-state index < -0.39 is 5.82 Å². The van der Waals surface area contributed by atoms with Crippen molar-refractivity contribution in [1.29, 1.82) is 0 Å². The zero-order valence-corrected chi connectivity index (χ0v) is 17.6. The van der Waals surface area contributed by atoms with Gasteiger partial charge in [0.05, 0.1) is 17.9 Å². The molecule has 0 aliphatic carbocycles. The normalized spacial score (nSPS) is 19.8. The number of amides is 1. The summed E-state index contributed by atoms with van der Waals surface area (Å²) in [5, 5.41) is 2.86. The van der Waals surface area contributed by atoms with Crippen LogP contribution in [0.2, 0.25) is 0 Å². The highest BCUT2D eigenvalue weighted by Crippen LogP contribution is 2.18. The van der Waals surface area contributed by atoms with E-state index in [0.29, 0.717) is 17.8 Å². The summed E-state index contributed by atoms with van der Waals surface area (Å²) in [4.78, 5) is 16.4. The molecule has 156 valence electrons. The van der Waals surface area contributed by atoms with Crippen molar-refractivity contribution in [2.45, 2.75) is 39.1 Å². The summed E-state index contributed by atoms with van der Waals surface area (Å²) in [5.41, 5.74) is 3.03. The van der Waals surface area contributed by atoms with Gasteiger partial charge in [0, 0.05) is 45.8 Å². The van der Waals surface area contributed by atoms with E-state index >= 15 is 0 Å². The molecule has 29 heavy (non-hydrogen) atoms. The number of nitrogens with zero attached hydrogens (tertiary/aromatic N) is 2. The van der Waals surface area contributed by atoms with Gasteiger partial charge in [-0.2, -0.15) is 0 Å². The van der Waals surface area contributed by atoms with Crippen LogP contribution in [0.25, 0.3) is 0 Å². The van der Waals surface area contributed by atoms with E-state index in [0.717, 1.165) is 25.2 Å². The Kier molecular flexibility index (Phi) is 6.87. The Labute approximate surface area is 172 Å². The number of rotatable bonds is 6. The number of hydrogen-bond acceptors (Lipinski definition) is 4. The van der Waals surface area contributed by atoms with Gasteiger partial charge < -0.3 is 15.0 Å². The lowest BCUT2D eigenvalue weighted by Gasteiger charge is -2.35. The van der Waals surface area contributed by atoms with Crippen molar-refractivity contribution in [2.75, 3.05) is 32.1 Å². The Bertz CT molecular complexity index is 829. The van der Waals surface area contributed by atoms with Crippen molar-refractivity contribution < 1.29 is 13.9 Å². The summed E-state index contributed by atoms with van der Waals surface area (Å²) in [6, 6.07) is 12.8. The van der Waals surface area contributed by atoms with Crippen molar-refractivity contribution in [1.82, 2.24) is 10.2 Å². The van der Waals surface area contributed by atoms with Gasteiger partial charge in [-0.05, 0) is 43.2 Å². The van der Waals surface area contributed by atoms with E-state index in [1.54, 1.807) is 31.1 Å². The number of hydrogen-bond donors (Lipinski definition) is 1. The van der Waals surface area contributed by atoms with Crippen molar-refractivity contribution >= 4 is 11.6 Å². The summed E-state index contributed by atoms with van der Waals surface area (Å²) in [6.45, 7) is 7.38. The molecule has 1 N–H and O–H groups in total. The second kappa shape index (κ2) is 9.37. The molecule has 0 spiro atoms. The molecule has 2 aromatic rings. The second-order valence-electron chi connectivity index (χ2n) is 8.01. The molecule has 1 aliphatic heterocycles. The van der Waals surface area contributed by atoms with Gasteiger partial charge in [-0.25, -0.2) is 4.39 Å². The SMILES string of the molecule is CC1CN(Cc2ccc(CNC(=O)c3ccc(N(C)C)c(F)c3)cc2)CC(C)O1. The monoisotopic (exact) mass is 399 g/mol. The first-order chi connectivity index (χ1) is 13.8. The minimum absolute atomic E-state index is 0.255. The molecular weight excluding hydrogens is 369 g/mol. The van der Waals surface area contributed by atoms with E-state index in [9.17, 15) is 9.18 Å². The predicted octanol–water partition coefficient (Wildman–Crippen LogP) is 3.43. The quantitative estimate of drug-likeness (QED) is 0.808. The minimum Gasteiger partial charge on any atom is -0.375 e. The van der Waals surface area contributed by atoms with Crippen LogP contribution in [0.15, 0.2) is 42.5 Å². The highest BCUT2D eigenvalue weighted by molar-refractivity contribution is 5.94. The van der Waals surface area contributed by atoms with Crippen LogP contribution in [-0.2, 0) is 17.8 Å². The Hall–Kier alpha value is -2.44. The van der Waals surface area contributed by atoms with Gasteiger partial charge in [0.1, 0.15) is 5.82 Å². The fourth-order valence-corrected chi connectivity index (χ4v) is 3.73. The molecule has 0 aromatic heterocycles. The number of carbonyl (C=O) groups excluding carboxylic acids is 1. The number of anilines is 1. The van der Waals surface area contributed by atoms with E-state index in [-0.39, 0.29) is 18.1 Å². The number of halogens is 1. The Morgan fingerprint density at radius 3 is 2.31 bits per heavy atom. The summed E-state index contributed by atoms with van der Waals surface area (Å²) in [6.07, 6.45) is 0.509. The van der Waals surface area contributed by atoms with Crippen LogP contribution in [-0.4, -0.2) is 50.2 Å². The van der Waals surface area contributed by atoms with E-state index in [4.69, 9.17) is 4.74 Å². The number of ether oxygens (including phenoxy) is 1. The van der Waals surface area contributed by atoms with Gasteiger partial charge in [0.15, 0.2) is 0 Å². The second-order valence-corrected chi connectivity index (χ2v) is 8.01. The van der Waals surface area contributed by atoms with Crippen LogP contribution < -0.4 is 10.2 Å². The maximum Gasteiger partial charge on any atom is 0.251 e. The fourth-order valence-electron chi connectivity index (χ4n) is 3.73. The topological polar surface area (TPSA) is 44.8 Å². The van der Waals surface area contributed by atoms with Crippen LogP contribution in [0, 0.1) is 5.82 Å². The first kappa shape index (κ1) is 21.3. The minimum atomic E-state index is -0.404. The van der Waals surface area contributed by atoms with E-state index in [1.807, 2.05) is 12.1 Å². The molecule has 0 bridgehead atoms. The van der Waals surface area contributed by atoms with Crippen LogP contribution in [0.4, 0.5) is 10.1 Å². The fraction of sp³-hybridized carbons (Fsp3) is 0.435. The highest BCUT2D eigenvalue weighted by Gasteiger charge is 2.21. The van der Waals surface area contributed by atoms with Crippen LogP contribution in [0.1, 0.15) is 35.3 Å². The van der Waals surface area contributed by atoms with Crippen LogP contribution in [0.3, 0.4) is 0 Å². The lowest BCUT2D eigenvalue weighted by Crippen LogP contribution is -2.44. The Morgan fingerprint density at radius 2 is 1.72 bits per heavy atom. The molecule has 0 radical (unpaired) electrons. The van der Waals surface area contributed by atoms with Crippen molar-refractivity contribution in [2.24, 2.45) is 0 Å². The number of carbonyl (C=O) groups is 1. The predicted molar refractivity (Wildman–Crippen MR) is 114 cm³/mol. The lowest BCUT2D eigenvalue weighted by molar-refractivity contribution is -0.0704. The zero-order chi connectivity index (χ0) is 21.0. The molecule has 0 saturated carbocycles. The van der Waals surface area contributed by atoms with Crippen LogP contribution >= 0.6 is 0 Å². The van der Waals surface area contributed by atoms with Gasteiger partial charge in [0.25, 0.3) is 5.91 Å². The maximum atomic E-state index is 14.1. The van der Waals surface area contributed by atoms with Crippen LogP contribution in [0.5, 0.6) is 0 Å². The Morgan fingerprint density at radius 1 is 1.10 bits per heavy atom.